The second-order valence-corrected chi connectivity index (χ2v) is 7.56. The summed E-state index contributed by atoms with van der Waals surface area (Å²) in [5.41, 5.74) is 2.11. The van der Waals surface area contributed by atoms with Gasteiger partial charge in [-0.2, -0.15) is 0 Å². The van der Waals surface area contributed by atoms with Gasteiger partial charge in [-0.05, 0) is 50.1 Å². The van der Waals surface area contributed by atoms with Crippen LogP contribution < -0.4 is 24.4 Å². The second-order valence-electron chi connectivity index (χ2n) is 7.56. The fraction of sp³-hybridized carbons (Fsp3) is 0.417. The number of nitrogens with one attached hydrogen (secondary N) is 1. The van der Waals surface area contributed by atoms with Gasteiger partial charge in [0.05, 0.1) is 33.6 Å². The molecule has 0 fully saturated rings. The fourth-order valence-corrected chi connectivity index (χ4v) is 4.05. The van der Waals surface area contributed by atoms with E-state index in [1.54, 1.807) is 63.5 Å². The Labute approximate surface area is 188 Å². The van der Waals surface area contributed by atoms with Crippen molar-refractivity contribution in [2.24, 2.45) is 0 Å². The lowest BCUT2D eigenvalue weighted by atomic mass is 9.85. The lowest BCUT2D eigenvalue weighted by Gasteiger charge is -2.39. The molecule has 8 heteroatoms. The third-order valence-corrected chi connectivity index (χ3v) is 5.60. The maximum atomic E-state index is 12.7. The second kappa shape index (κ2) is 10.3. The number of hydrogen-bond acceptors (Lipinski definition) is 6. The summed E-state index contributed by atoms with van der Waals surface area (Å²) < 4.78 is 21.4. The van der Waals surface area contributed by atoms with Crippen LogP contribution in [0.25, 0.3) is 0 Å². The Balaban J connectivity index is 1.90. The number of amides is 2. The van der Waals surface area contributed by atoms with Crippen LogP contribution in [0.5, 0.6) is 17.2 Å². The number of hydrogen-bond donors (Lipinski definition) is 1. The van der Waals surface area contributed by atoms with Gasteiger partial charge in [0.15, 0.2) is 11.5 Å². The van der Waals surface area contributed by atoms with Crippen molar-refractivity contribution in [1.29, 1.82) is 0 Å². The molecule has 0 aliphatic carbocycles. The van der Waals surface area contributed by atoms with E-state index in [2.05, 4.69) is 5.32 Å². The van der Waals surface area contributed by atoms with Crippen LogP contribution in [0.2, 0.25) is 0 Å². The summed E-state index contributed by atoms with van der Waals surface area (Å²) in [5.74, 6) is 1.49. The van der Waals surface area contributed by atoms with Crippen LogP contribution in [-0.4, -0.2) is 52.5 Å². The third kappa shape index (κ3) is 4.74. The van der Waals surface area contributed by atoms with E-state index in [-0.39, 0.29) is 24.5 Å². The average molecular weight is 443 g/mol. The number of methoxy groups -OCH3 is 3. The quantitative estimate of drug-likeness (QED) is 0.698. The van der Waals surface area contributed by atoms with E-state index in [1.807, 2.05) is 13.0 Å². The molecule has 2 aromatic carbocycles. The molecular formula is C24H30N2O6. The van der Waals surface area contributed by atoms with Crippen molar-refractivity contribution in [3.63, 3.8) is 0 Å². The van der Waals surface area contributed by atoms with Crippen molar-refractivity contribution in [1.82, 2.24) is 5.32 Å². The number of rotatable bonds is 7. The van der Waals surface area contributed by atoms with Gasteiger partial charge in [0.25, 0.3) is 5.91 Å². The molecule has 0 aromatic heterocycles. The lowest BCUT2D eigenvalue weighted by molar-refractivity contribution is 0.0949. The highest BCUT2D eigenvalue weighted by Crippen LogP contribution is 2.44. The molecule has 172 valence electrons. The Hall–Kier alpha value is -3.42. The van der Waals surface area contributed by atoms with Gasteiger partial charge in [0.1, 0.15) is 5.75 Å². The normalized spacial score (nSPS) is 17.2. The first-order valence-corrected chi connectivity index (χ1v) is 10.6. The first-order valence-electron chi connectivity index (χ1n) is 10.6. The van der Waals surface area contributed by atoms with Crippen molar-refractivity contribution >= 4 is 17.7 Å². The number of fused-ring (bicyclic) bond motifs is 1. The molecule has 2 aromatic rings. The topological polar surface area (TPSA) is 86.3 Å². The minimum Gasteiger partial charge on any atom is -0.497 e. The largest absolute Gasteiger partial charge is 0.497 e. The van der Waals surface area contributed by atoms with Gasteiger partial charge in [0, 0.05) is 30.1 Å². The Morgan fingerprint density at radius 1 is 1.06 bits per heavy atom. The molecule has 0 saturated heterocycles. The summed E-state index contributed by atoms with van der Waals surface area (Å²) >= 11 is 0. The number of carbonyl (C=O) groups is 2. The van der Waals surface area contributed by atoms with Gasteiger partial charge in [-0.15, -0.1) is 0 Å². The zero-order valence-corrected chi connectivity index (χ0v) is 19.1. The van der Waals surface area contributed by atoms with Crippen molar-refractivity contribution < 1.29 is 28.5 Å². The predicted octanol–water partition coefficient (Wildman–Crippen LogP) is 3.98. The van der Waals surface area contributed by atoms with Crippen LogP contribution in [-0.2, 0) is 4.74 Å². The van der Waals surface area contributed by atoms with Crippen LogP contribution >= 0.6 is 0 Å². The van der Waals surface area contributed by atoms with Crippen molar-refractivity contribution in [3.05, 3.63) is 47.5 Å². The van der Waals surface area contributed by atoms with Crippen LogP contribution in [0.15, 0.2) is 36.4 Å². The molecule has 2 unspecified atom stereocenters. The SMILES string of the molecule is CCOC(=O)N1c2cc(OC)c(OC)cc2C(CNC(=O)c2cccc(OC)c2)CC1C. The number of benzene rings is 2. The van der Waals surface area contributed by atoms with Crippen LogP contribution in [0.3, 0.4) is 0 Å². The molecule has 0 bridgehead atoms. The molecule has 1 aliphatic heterocycles. The number of carbonyl (C=O) groups excluding carboxylic acids is 2. The highest BCUT2D eigenvalue weighted by atomic mass is 16.6. The molecule has 2 amide bonds. The number of ether oxygens (including phenoxy) is 4. The van der Waals surface area contributed by atoms with E-state index in [0.29, 0.717) is 41.5 Å². The Morgan fingerprint density at radius 3 is 2.44 bits per heavy atom. The monoisotopic (exact) mass is 442 g/mol. The van der Waals surface area contributed by atoms with Gasteiger partial charge in [0.2, 0.25) is 0 Å². The fourth-order valence-electron chi connectivity index (χ4n) is 4.05. The molecule has 1 heterocycles. The van der Waals surface area contributed by atoms with E-state index >= 15 is 0 Å². The van der Waals surface area contributed by atoms with E-state index in [1.165, 1.54) is 0 Å². The lowest BCUT2D eigenvalue weighted by Crippen LogP contribution is -2.45. The van der Waals surface area contributed by atoms with Gasteiger partial charge in [-0.1, -0.05) is 6.07 Å². The highest BCUT2D eigenvalue weighted by Gasteiger charge is 2.36. The molecule has 2 atom stereocenters. The van der Waals surface area contributed by atoms with Gasteiger partial charge >= 0.3 is 6.09 Å². The minimum atomic E-state index is -0.410. The van der Waals surface area contributed by atoms with Gasteiger partial charge in [-0.25, -0.2) is 4.79 Å². The molecule has 1 aliphatic rings. The molecule has 0 saturated carbocycles. The van der Waals surface area contributed by atoms with E-state index < -0.39 is 6.09 Å². The molecule has 32 heavy (non-hydrogen) atoms. The summed E-state index contributed by atoms with van der Waals surface area (Å²) in [5, 5.41) is 3.02. The molecule has 8 nitrogen and oxygen atoms in total. The first-order chi connectivity index (χ1) is 15.4. The molecular weight excluding hydrogens is 412 g/mol. The van der Waals surface area contributed by atoms with E-state index in [0.717, 1.165) is 5.56 Å². The molecule has 3 rings (SSSR count). The van der Waals surface area contributed by atoms with Crippen LogP contribution in [0.1, 0.15) is 42.1 Å². The average Bonchev–Trinajstić information content (AvgIpc) is 2.81. The Morgan fingerprint density at radius 2 is 1.78 bits per heavy atom. The maximum Gasteiger partial charge on any atom is 0.414 e. The van der Waals surface area contributed by atoms with Crippen molar-refractivity contribution in [3.8, 4) is 17.2 Å². The maximum absolute atomic E-state index is 12.7. The van der Waals surface area contributed by atoms with Gasteiger partial charge in [-0.3, -0.25) is 9.69 Å². The first kappa shape index (κ1) is 23.2. The molecule has 1 N–H and O–H groups in total. The van der Waals surface area contributed by atoms with Gasteiger partial charge < -0.3 is 24.3 Å². The smallest absolute Gasteiger partial charge is 0.414 e. The van der Waals surface area contributed by atoms with Crippen LogP contribution in [0, 0.1) is 0 Å². The Kier molecular flexibility index (Phi) is 7.45. The summed E-state index contributed by atoms with van der Waals surface area (Å²) in [6, 6.07) is 10.5. The molecule has 0 spiro atoms. The predicted molar refractivity (Wildman–Crippen MR) is 121 cm³/mol. The number of nitrogens with zero attached hydrogens (tertiary/aromatic N) is 1. The zero-order chi connectivity index (χ0) is 23.3. The standard InChI is InChI=1S/C24H30N2O6/c1-6-32-24(28)26-15(2)10-17(19-12-21(30-4)22(31-5)13-20(19)26)14-25-23(27)16-8-7-9-18(11-16)29-3/h7-9,11-13,15,17H,6,10,14H2,1-5H3,(H,25,27). The summed E-state index contributed by atoms with van der Waals surface area (Å²) in [7, 11) is 4.68. The Bertz CT molecular complexity index is 977. The van der Waals surface area contributed by atoms with Crippen molar-refractivity contribution in [2.75, 3.05) is 39.4 Å². The third-order valence-electron chi connectivity index (χ3n) is 5.60. The summed E-state index contributed by atoms with van der Waals surface area (Å²) in [4.78, 5) is 27.1. The highest BCUT2D eigenvalue weighted by molar-refractivity contribution is 5.95. The zero-order valence-electron chi connectivity index (χ0n) is 19.1. The number of anilines is 1. The summed E-state index contributed by atoms with van der Waals surface area (Å²) in [6.07, 6.45) is 0.243. The van der Waals surface area contributed by atoms with E-state index in [4.69, 9.17) is 18.9 Å². The molecule has 0 radical (unpaired) electrons. The van der Waals surface area contributed by atoms with Crippen LogP contribution in [0.4, 0.5) is 10.5 Å². The minimum absolute atomic E-state index is 0.0277. The summed E-state index contributed by atoms with van der Waals surface area (Å²) in [6.45, 7) is 4.43. The van der Waals surface area contributed by atoms with E-state index in [9.17, 15) is 9.59 Å². The van der Waals surface area contributed by atoms with Crippen molar-refractivity contribution in [2.45, 2.75) is 32.2 Å².